The van der Waals surface area contributed by atoms with Gasteiger partial charge in [0.25, 0.3) is 0 Å². The number of imidazole rings is 1. The molecule has 0 atom stereocenters. The number of aryl methyl sites for hydroxylation is 2. The maximum Gasteiger partial charge on any atom is 0.194 e. The van der Waals surface area contributed by atoms with Crippen molar-refractivity contribution in [3.63, 3.8) is 0 Å². The Morgan fingerprint density at radius 3 is 2.76 bits per heavy atom. The van der Waals surface area contributed by atoms with Crippen LogP contribution in [0.4, 0.5) is 0 Å². The summed E-state index contributed by atoms with van der Waals surface area (Å²) in [6.45, 7) is 4.08. The number of rotatable bonds is 3. The predicted molar refractivity (Wildman–Crippen MR) is 86.3 cm³/mol. The van der Waals surface area contributed by atoms with Crippen molar-refractivity contribution >= 4 is 16.3 Å². The first kappa shape index (κ1) is 12.9. The SMILES string of the molecule is CC(C)Oc1ccc(-c2cn3c4c(sc3n2)CCC4)cc1. The van der Waals surface area contributed by atoms with E-state index in [1.54, 1.807) is 0 Å². The number of fused-ring (bicyclic) bond motifs is 3. The Morgan fingerprint density at radius 2 is 2.00 bits per heavy atom. The maximum atomic E-state index is 5.69. The van der Waals surface area contributed by atoms with Crippen molar-refractivity contribution in [3.05, 3.63) is 41.0 Å². The van der Waals surface area contributed by atoms with Crippen molar-refractivity contribution in [2.24, 2.45) is 0 Å². The van der Waals surface area contributed by atoms with Crippen molar-refractivity contribution in [2.45, 2.75) is 39.2 Å². The van der Waals surface area contributed by atoms with Crippen LogP contribution in [0.3, 0.4) is 0 Å². The highest BCUT2D eigenvalue weighted by Gasteiger charge is 2.19. The topological polar surface area (TPSA) is 26.5 Å². The Kier molecular flexibility index (Phi) is 3.00. The average Bonchev–Trinajstić information content (AvgIpc) is 3.10. The first-order valence-electron chi connectivity index (χ1n) is 7.47. The Labute approximate surface area is 128 Å². The lowest BCUT2D eigenvalue weighted by molar-refractivity contribution is 0.242. The highest BCUT2D eigenvalue weighted by Crippen LogP contribution is 2.33. The molecule has 1 aromatic carbocycles. The molecule has 0 aliphatic heterocycles. The molecule has 0 spiro atoms. The number of hydrogen-bond donors (Lipinski definition) is 0. The maximum absolute atomic E-state index is 5.69. The van der Waals surface area contributed by atoms with Crippen LogP contribution in [-0.4, -0.2) is 15.5 Å². The smallest absolute Gasteiger partial charge is 0.194 e. The van der Waals surface area contributed by atoms with Crippen LogP contribution in [0.15, 0.2) is 30.5 Å². The van der Waals surface area contributed by atoms with Gasteiger partial charge in [-0.3, -0.25) is 4.40 Å². The van der Waals surface area contributed by atoms with Crippen LogP contribution in [0.1, 0.15) is 30.8 Å². The van der Waals surface area contributed by atoms with Crippen LogP contribution in [-0.2, 0) is 12.8 Å². The molecule has 2 aromatic heterocycles. The second kappa shape index (κ2) is 4.88. The first-order chi connectivity index (χ1) is 10.2. The van der Waals surface area contributed by atoms with Gasteiger partial charge in [0.1, 0.15) is 5.75 Å². The lowest BCUT2D eigenvalue weighted by Crippen LogP contribution is -2.05. The zero-order valence-electron chi connectivity index (χ0n) is 12.3. The van der Waals surface area contributed by atoms with Gasteiger partial charge in [0.05, 0.1) is 11.8 Å². The van der Waals surface area contributed by atoms with Gasteiger partial charge in [-0.2, -0.15) is 0 Å². The van der Waals surface area contributed by atoms with Gasteiger partial charge in [0.2, 0.25) is 0 Å². The Hall–Kier alpha value is -1.81. The monoisotopic (exact) mass is 298 g/mol. The van der Waals surface area contributed by atoms with E-state index in [1.165, 1.54) is 29.8 Å². The van der Waals surface area contributed by atoms with Crippen molar-refractivity contribution in [2.75, 3.05) is 0 Å². The van der Waals surface area contributed by atoms with E-state index in [-0.39, 0.29) is 6.10 Å². The van der Waals surface area contributed by atoms with Gasteiger partial charge < -0.3 is 4.74 Å². The second-order valence-corrected chi connectivity index (χ2v) is 6.86. The molecule has 0 saturated carbocycles. The van der Waals surface area contributed by atoms with Gasteiger partial charge in [0.15, 0.2) is 4.96 Å². The fourth-order valence-corrected chi connectivity index (χ4v) is 4.11. The highest BCUT2D eigenvalue weighted by atomic mass is 32.1. The van der Waals surface area contributed by atoms with Crippen LogP contribution < -0.4 is 4.74 Å². The molecule has 108 valence electrons. The molecule has 3 nitrogen and oxygen atoms in total. The first-order valence-corrected chi connectivity index (χ1v) is 8.29. The van der Waals surface area contributed by atoms with Crippen molar-refractivity contribution in [1.29, 1.82) is 0 Å². The molecule has 3 aromatic rings. The Balaban J connectivity index is 1.68. The summed E-state index contributed by atoms with van der Waals surface area (Å²) >= 11 is 1.84. The van der Waals surface area contributed by atoms with Crippen LogP contribution in [0.5, 0.6) is 5.75 Å². The molecule has 0 amide bonds. The third-order valence-electron chi connectivity index (χ3n) is 3.84. The molecule has 4 rings (SSSR count). The summed E-state index contributed by atoms with van der Waals surface area (Å²) in [6.07, 6.45) is 6.07. The zero-order valence-corrected chi connectivity index (χ0v) is 13.1. The number of ether oxygens (including phenoxy) is 1. The van der Waals surface area contributed by atoms with E-state index in [2.05, 4.69) is 22.7 Å². The number of nitrogens with zero attached hydrogens (tertiary/aromatic N) is 2. The van der Waals surface area contributed by atoms with E-state index in [4.69, 9.17) is 9.72 Å². The van der Waals surface area contributed by atoms with Crippen molar-refractivity contribution < 1.29 is 4.74 Å². The normalized spacial score (nSPS) is 14.0. The molecule has 0 saturated heterocycles. The summed E-state index contributed by atoms with van der Waals surface area (Å²) in [4.78, 5) is 7.42. The molecular formula is C17H18N2OS. The third kappa shape index (κ3) is 2.23. The summed E-state index contributed by atoms with van der Waals surface area (Å²) in [7, 11) is 0. The summed E-state index contributed by atoms with van der Waals surface area (Å²) in [5.74, 6) is 0.913. The number of hydrogen-bond acceptors (Lipinski definition) is 3. The standard InChI is InChI=1S/C17H18N2OS/c1-11(2)20-13-8-6-12(7-9-13)14-10-19-15-4-3-5-16(15)21-17(19)18-14/h6-11H,3-5H2,1-2H3. The van der Waals surface area contributed by atoms with Crippen LogP contribution in [0, 0.1) is 0 Å². The fraction of sp³-hybridized carbons (Fsp3) is 0.353. The summed E-state index contributed by atoms with van der Waals surface area (Å²) in [5.41, 5.74) is 3.66. The van der Waals surface area contributed by atoms with E-state index in [0.717, 1.165) is 22.0 Å². The molecule has 0 fully saturated rings. The molecule has 21 heavy (non-hydrogen) atoms. The number of benzene rings is 1. The van der Waals surface area contributed by atoms with Crippen LogP contribution >= 0.6 is 11.3 Å². The molecule has 1 aliphatic rings. The van der Waals surface area contributed by atoms with E-state index < -0.39 is 0 Å². The van der Waals surface area contributed by atoms with Gasteiger partial charge in [-0.1, -0.05) is 0 Å². The van der Waals surface area contributed by atoms with Gasteiger partial charge in [-0.05, 0) is 57.4 Å². The summed E-state index contributed by atoms with van der Waals surface area (Å²) < 4.78 is 7.96. The third-order valence-corrected chi connectivity index (χ3v) is 5.00. The second-order valence-electron chi connectivity index (χ2n) is 5.80. The molecule has 2 heterocycles. The van der Waals surface area contributed by atoms with Gasteiger partial charge in [-0.15, -0.1) is 11.3 Å². The van der Waals surface area contributed by atoms with E-state index in [9.17, 15) is 0 Å². The lowest BCUT2D eigenvalue weighted by Gasteiger charge is -2.09. The van der Waals surface area contributed by atoms with E-state index in [0.29, 0.717) is 0 Å². The molecule has 4 heteroatoms. The minimum atomic E-state index is 0.205. The molecular weight excluding hydrogens is 280 g/mol. The Bertz CT molecular complexity index is 783. The minimum absolute atomic E-state index is 0.205. The molecule has 0 N–H and O–H groups in total. The average molecular weight is 298 g/mol. The highest BCUT2D eigenvalue weighted by molar-refractivity contribution is 7.17. The minimum Gasteiger partial charge on any atom is -0.491 e. The summed E-state index contributed by atoms with van der Waals surface area (Å²) in [5, 5.41) is 0. The van der Waals surface area contributed by atoms with Crippen LogP contribution in [0.25, 0.3) is 16.2 Å². The molecule has 0 radical (unpaired) electrons. The lowest BCUT2D eigenvalue weighted by atomic mass is 10.1. The fourth-order valence-electron chi connectivity index (χ4n) is 2.92. The van der Waals surface area contributed by atoms with Crippen molar-refractivity contribution in [3.8, 4) is 17.0 Å². The summed E-state index contributed by atoms with van der Waals surface area (Å²) in [6, 6.07) is 8.22. The quantitative estimate of drug-likeness (QED) is 0.719. The molecule has 1 aliphatic carbocycles. The Morgan fingerprint density at radius 1 is 1.19 bits per heavy atom. The number of aromatic nitrogens is 2. The zero-order chi connectivity index (χ0) is 14.4. The number of thiazole rings is 1. The van der Waals surface area contributed by atoms with Gasteiger partial charge in [-0.25, -0.2) is 4.98 Å². The molecule has 0 bridgehead atoms. The van der Waals surface area contributed by atoms with Gasteiger partial charge in [0, 0.05) is 22.3 Å². The van der Waals surface area contributed by atoms with E-state index in [1.807, 2.05) is 37.3 Å². The van der Waals surface area contributed by atoms with Crippen molar-refractivity contribution in [1.82, 2.24) is 9.38 Å². The predicted octanol–water partition coefficient (Wildman–Crippen LogP) is 4.34. The largest absolute Gasteiger partial charge is 0.491 e. The van der Waals surface area contributed by atoms with E-state index >= 15 is 0 Å². The van der Waals surface area contributed by atoms with Crippen LogP contribution in [0.2, 0.25) is 0 Å². The van der Waals surface area contributed by atoms with Gasteiger partial charge >= 0.3 is 0 Å². The molecule has 0 unspecified atom stereocenters.